The molecule has 6 nitrogen and oxygen atoms in total. The molecule has 1 unspecified atom stereocenters. The van der Waals surface area contributed by atoms with Crippen LogP contribution in [-0.2, 0) is 17.8 Å². The Balaban J connectivity index is 1.43. The van der Waals surface area contributed by atoms with Gasteiger partial charge in [-0.1, -0.05) is 24.3 Å². The van der Waals surface area contributed by atoms with Crippen molar-refractivity contribution >= 4 is 16.8 Å². The smallest absolute Gasteiger partial charge is 0.241 e. The normalized spacial score (nSPS) is 20.5. The molecule has 1 aliphatic carbocycles. The van der Waals surface area contributed by atoms with Crippen molar-refractivity contribution in [2.24, 2.45) is 5.92 Å². The third-order valence-corrected chi connectivity index (χ3v) is 4.99. The van der Waals surface area contributed by atoms with Gasteiger partial charge >= 0.3 is 0 Å². The molecule has 2 heterocycles. The number of benzene rings is 1. The van der Waals surface area contributed by atoms with Gasteiger partial charge in [0.2, 0.25) is 5.91 Å². The van der Waals surface area contributed by atoms with Gasteiger partial charge in [0.15, 0.2) is 0 Å². The maximum absolute atomic E-state index is 12.6. The van der Waals surface area contributed by atoms with Gasteiger partial charge < -0.3 is 10.4 Å². The first kappa shape index (κ1) is 16.7. The Morgan fingerprint density at radius 2 is 2.04 bits per heavy atom. The summed E-state index contributed by atoms with van der Waals surface area (Å²) in [5.74, 6) is 0.216. The van der Waals surface area contributed by atoms with Crippen molar-refractivity contribution in [2.75, 3.05) is 0 Å². The predicted octanol–water partition coefficient (Wildman–Crippen LogP) is 1.93. The molecule has 3 aromatic rings. The summed E-state index contributed by atoms with van der Waals surface area (Å²) in [5, 5.41) is 18.2. The summed E-state index contributed by atoms with van der Waals surface area (Å²) in [4.78, 5) is 16.9. The molecule has 2 aromatic heterocycles. The average molecular weight is 350 g/mol. The van der Waals surface area contributed by atoms with E-state index < -0.39 is 0 Å². The van der Waals surface area contributed by atoms with Crippen LogP contribution in [0.3, 0.4) is 0 Å². The fraction of sp³-hybridized carbons (Fsp3) is 0.350. The Bertz CT molecular complexity index is 854. The Labute approximate surface area is 151 Å². The zero-order valence-electron chi connectivity index (χ0n) is 14.5. The molecular formula is C20H22N4O2. The van der Waals surface area contributed by atoms with Crippen LogP contribution in [0.2, 0.25) is 0 Å². The number of amides is 1. The van der Waals surface area contributed by atoms with Crippen molar-refractivity contribution in [2.45, 2.75) is 38.0 Å². The van der Waals surface area contributed by atoms with E-state index in [-0.39, 0.29) is 30.5 Å². The first-order valence-corrected chi connectivity index (χ1v) is 8.97. The van der Waals surface area contributed by atoms with Crippen LogP contribution >= 0.6 is 0 Å². The molecule has 1 fully saturated rings. The van der Waals surface area contributed by atoms with Crippen molar-refractivity contribution in [3.05, 3.63) is 60.6 Å². The highest BCUT2D eigenvalue weighted by molar-refractivity contribution is 5.80. The highest BCUT2D eigenvalue weighted by atomic mass is 16.3. The maximum atomic E-state index is 12.6. The van der Waals surface area contributed by atoms with Crippen LogP contribution in [0.4, 0.5) is 0 Å². The summed E-state index contributed by atoms with van der Waals surface area (Å²) in [6.45, 7) is 0.183. The third-order valence-electron chi connectivity index (χ3n) is 4.99. The largest absolute Gasteiger partial charge is 0.393 e. The van der Waals surface area contributed by atoms with Gasteiger partial charge in [0, 0.05) is 35.9 Å². The summed E-state index contributed by atoms with van der Waals surface area (Å²) in [6, 6.07) is 13.6. The zero-order valence-corrected chi connectivity index (χ0v) is 14.5. The number of fused-ring (bicyclic) bond motifs is 1. The fourth-order valence-electron chi connectivity index (χ4n) is 3.53. The van der Waals surface area contributed by atoms with Crippen LogP contribution in [0, 0.1) is 5.92 Å². The molecule has 1 amide bonds. The molecule has 1 saturated carbocycles. The number of nitrogens with zero attached hydrogens (tertiary/aromatic N) is 3. The maximum Gasteiger partial charge on any atom is 0.241 e. The van der Waals surface area contributed by atoms with E-state index in [0.29, 0.717) is 6.42 Å². The summed E-state index contributed by atoms with van der Waals surface area (Å²) < 4.78 is 1.67. The van der Waals surface area contributed by atoms with Crippen LogP contribution in [0.1, 0.15) is 18.5 Å². The fourth-order valence-corrected chi connectivity index (χ4v) is 3.53. The van der Waals surface area contributed by atoms with E-state index in [0.717, 1.165) is 29.4 Å². The minimum absolute atomic E-state index is 0.0224. The number of rotatable bonds is 6. The predicted molar refractivity (Wildman–Crippen MR) is 98.3 cm³/mol. The molecule has 1 aliphatic rings. The van der Waals surface area contributed by atoms with E-state index in [1.807, 2.05) is 48.7 Å². The van der Waals surface area contributed by atoms with Gasteiger partial charge in [0.1, 0.15) is 6.54 Å². The van der Waals surface area contributed by atoms with Crippen molar-refractivity contribution in [1.29, 1.82) is 0 Å². The van der Waals surface area contributed by atoms with Crippen molar-refractivity contribution < 1.29 is 9.90 Å². The van der Waals surface area contributed by atoms with Crippen molar-refractivity contribution in [1.82, 2.24) is 20.1 Å². The van der Waals surface area contributed by atoms with Crippen LogP contribution in [-0.4, -0.2) is 37.9 Å². The Kier molecular flexibility index (Phi) is 4.67. The van der Waals surface area contributed by atoms with Gasteiger partial charge in [-0.15, -0.1) is 0 Å². The third kappa shape index (κ3) is 3.75. The number of aliphatic hydroxyl groups is 1. The van der Waals surface area contributed by atoms with Gasteiger partial charge in [-0.2, -0.15) is 5.10 Å². The lowest BCUT2D eigenvalue weighted by Gasteiger charge is -2.38. The molecule has 26 heavy (non-hydrogen) atoms. The molecule has 134 valence electrons. The van der Waals surface area contributed by atoms with E-state index in [1.165, 1.54) is 0 Å². The van der Waals surface area contributed by atoms with Gasteiger partial charge in [-0.05, 0) is 37.0 Å². The number of aromatic nitrogens is 3. The molecular weight excluding hydrogens is 328 g/mol. The summed E-state index contributed by atoms with van der Waals surface area (Å²) in [5.41, 5.74) is 1.83. The van der Waals surface area contributed by atoms with Gasteiger partial charge in [0.05, 0.1) is 11.6 Å². The molecule has 0 saturated heterocycles. The molecule has 0 radical (unpaired) electrons. The summed E-state index contributed by atoms with van der Waals surface area (Å²) in [7, 11) is 0. The number of hydrogen-bond acceptors (Lipinski definition) is 4. The number of carbonyl (C=O) groups is 1. The monoisotopic (exact) mass is 350 g/mol. The second-order valence-corrected chi connectivity index (χ2v) is 6.97. The number of nitrogens with one attached hydrogen (secondary N) is 1. The average Bonchev–Trinajstić information content (AvgIpc) is 3.01. The molecule has 1 aromatic carbocycles. The van der Waals surface area contributed by atoms with E-state index in [1.54, 1.807) is 10.9 Å². The molecule has 0 bridgehead atoms. The minimum Gasteiger partial charge on any atom is -0.393 e. The lowest BCUT2D eigenvalue weighted by molar-refractivity contribution is -0.123. The number of carbonyl (C=O) groups excluding carboxylic acids is 1. The molecule has 0 aliphatic heterocycles. The molecule has 4 rings (SSSR count). The minimum atomic E-state index is -0.250. The van der Waals surface area contributed by atoms with E-state index in [2.05, 4.69) is 15.4 Å². The molecule has 0 spiro atoms. The first-order valence-electron chi connectivity index (χ1n) is 8.97. The topological polar surface area (TPSA) is 80.0 Å². The quantitative estimate of drug-likeness (QED) is 0.712. The van der Waals surface area contributed by atoms with Crippen LogP contribution < -0.4 is 5.32 Å². The van der Waals surface area contributed by atoms with Gasteiger partial charge in [0.25, 0.3) is 0 Å². The van der Waals surface area contributed by atoms with E-state index in [4.69, 9.17) is 0 Å². The number of pyridine rings is 1. The van der Waals surface area contributed by atoms with Gasteiger partial charge in [-0.3, -0.25) is 14.5 Å². The number of hydrogen-bond donors (Lipinski definition) is 2. The zero-order chi connectivity index (χ0) is 17.9. The molecule has 2 N–H and O–H groups in total. The van der Waals surface area contributed by atoms with Crippen molar-refractivity contribution in [3.8, 4) is 0 Å². The van der Waals surface area contributed by atoms with Gasteiger partial charge in [-0.25, -0.2) is 0 Å². The molecule has 1 atom stereocenters. The highest BCUT2D eigenvalue weighted by Crippen LogP contribution is 2.31. The SMILES string of the molecule is O=C(Cn1cc2ccccc2n1)NC(Cc1ccccn1)C1CC(O)C1. The first-order chi connectivity index (χ1) is 12.7. The summed E-state index contributed by atoms with van der Waals surface area (Å²) >= 11 is 0. The van der Waals surface area contributed by atoms with E-state index in [9.17, 15) is 9.90 Å². The second kappa shape index (κ2) is 7.25. The second-order valence-electron chi connectivity index (χ2n) is 6.97. The lowest BCUT2D eigenvalue weighted by atomic mass is 9.76. The molecule has 6 heteroatoms. The highest BCUT2D eigenvalue weighted by Gasteiger charge is 2.35. The standard InChI is InChI=1S/C20H22N4O2/c25-17-9-15(10-17)19(11-16-6-3-4-8-21-16)22-20(26)13-24-12-14-5-1-2-7-18(14)23-24/h1-8,12,15,17,19,25H,9-11,13H2,(H,22,26). The van der Waals surface area contributed by atoms with Crippen LogP contribution in [0.15, 0.2) is 54.9 Å². The lowest BCUT2D eigenvalue weighted by Crippen LogP contribution is -2.49. The van der Waals surface area contributed by atoms with Crippen LogP contribution in [0.25, 0.3) is 10.9 Å². The Morgan fingerprint density at radius 1 is 1.23 bits per heavy atom. The van der Waals surface area contributed by atoms with Crippen molar-refractivity contribution in [3.63, 3.8) is 0 Å². The Hall–Kier alpha value is -2.73. The summed E-state index contributed by atoms with van der Waals surface area (Å²) in [6.07, 6.45) is 5.52. The number of aliphatic hydroxyl groups excluding tert-OH is 1. The van der Waals surface area contributed by atoms with E-state index >= 15 is 0 Å². The van der Waals surface area contributed by atoms with Crippen LogP contribution in [0.5, 0.6) is 0 Å². The Morgan fingerprint density at radius 3 is 2.77 bits per heavy atom.